The van der Waals surface area contributed by atoms with E-state index in [1.165, 1.54) is 25.3 Å². The molecule has 2 heteroatoms. The van der Waals surface area contributed by atoms with Crippen molar-refractivity contribution in [3.63, 3.8) is 0 Å². The number of nitrogens with one attached hydrogen (secondary N) is 1. The lowest BCUT2D eigenvalue weighted by Gasteiger charge is -2.23. The quantitative estimate of drug-likeness (QED) is 0.803. The summed E-state index contributed by atoms with van der Waals surface area (Å²) in [5.74, 6) is -0.121. The van der Waals surface area contributed by atoms with Gasteiger partial charge in [0.25, 0.3) is 0 Å². The highest BCUT2D eigenvalue weighted by Gasteiger charge is 2.11. The molecule has 1 saturated heterocycles. The highest BCUT2D eigenvalue weighted by atomic mass is 19.1. The molecule has 1 aromatic carbocycles. The van der Waals surface area contributed by atoms with Crippen LogP contribution < -0.4 is 5.32 Å². The molecule has 0 spiro atoms. The molecule has 82 valence electrons. The predicted molar refractivity (Wildman–Crippen MR) is 60.4 cm³/mol. The molecule has 1 nitrogen and oxygen atoms in total. The van der Waals surface area contributed by atoms with Crippen molar-refractivity contribution in [2.75, 3.05) is 6.54 Å². The minimum Gasteiger partial charge on any atom is -0.314 e. The first kappa shape index (κ1) is 10.6. The predicted octanol–water partition coefficient (Wildman–Crippen LogP) is 2.90. The van der Waals surface area contributed by atoms with Crippen molar-refractivity contribution in [2.45, 2.75) is 38.1 Å². The van der Waals surface area contributed by atoms with Gasteiger partial charge in [-0.1, -0.05) is 18.6 Å². The minimum absolute atomic E-state index is 0.121. The molecule has 15 heavy (non-hydrogen) atoms. The molecule has 1 N–H and O–H groups in total. The summed E-state index contributed by atoms with van der Waals surface area (Å²) in [5, 5.41) is 3.51. The molecule has 1 aliphatic rings. The summed E-state index contributed by atoms with van der Waals surface area (Å²) in [6.07, 6.45) is 6.02. The van der Waals surface area contributed by atoms with Gasteiger partial charge in [-0.25, -0.2) is 4.39 Å². The number of hydrogen-bond donors (Lipinski definition) is 1. The SMILES string of the molecule is Fc1cccc(CC[C@H]2CCCCN2)c1. The van der Waals surface area contributed by atoms with Crippen molar-refractivity contribution < 1.29 is 4.39 Å². The van der Waals surface area contributed by atoms with E-state index in [0.717, 1.165) is 24.9 Å². The molecular weight excluding hydrogens is 189 g/mol. The van der Waals surface area contributed by atoms with E-state index < -0.39 is 0 Å². The summed E-state index contributed by atoms with van der Waals surface area (Å²) < 4.78 is 12.9. The van der Waals surface area contributed by atoms with Crippen molar-refractivity contribution >= 4 is 0 Å². The lowest BCUT2D eigenvalue weighted by Crippen LogP contribution is -2.34. The molecule has 0 radical (unpaired) electrons. The monoisotopic (exact) mass is 207 g/mol. The summed E-state index contributed by atoms with van der Waals surface area (Å²) in [6, 6.07) is 7.58. The van der Waals surface area contributed by atoms with Gasteiger partial charge >= 0.3 is 0 Å². The van der Waals surface area contributed by atoms with Crippen molar-refractivity contribution in [3.05, 3.63) is 35.6 Å². The number of benzene rings is 1. The summed E-state index contributed by atoms with van der Waals surface area (Å²) >= 11 is 0. The normalized spacial score (nSPS) is 21.5. The zero-order valence-electron chi connectivity index (χ0n) is 9.01. The number of hydrogen-bond acceptors (Lipinski definition) is 1. The third kappa shape index (κ3) is 3.31. The van der Waals surface area contributed by atoms with Crippen LogP contribution in [-0.2, 0) is 6.42 Å². The molecular formula is C13H18FN. The molecule has 1 aromatic rings. The average Bonchev–Trinajstić information content (AvgIpc) is 2.28. The second kappa shape index (κ2) is 5.26. The van der Waals surface area contributed by atoms with Crippen molar-refractivity contribution in [1.82, 2.24) is 5.32 Å². The van der Waals surface area contributed by atoms with Crippen LogP contribution in [0.4, 0.5) is 4.39 Å². The topological polar surface area (TPSA) is 12.0 Å². The molecule has 1 heterocycles. The van der Waals surface area contributed by atoms with Gasteiger partial charge in [-0.2, -0.15) is 0 Å². The molecule has 0 bridgehead atoms. The summed E-state index contributed by atoms with van der Waals surface area (Å²) in [4.78, 5) is 0. The largest absolute Gasteiger partial charge is 0.314 e. The molecule has 2 rings (SSSR count). The second-order valence-corrected chi connectivity index (χ2v) is 4.32. The lowest BCUT2D eigenvalue weighted by molar-refractivity contribution is 0.382. The minimum atomic E-state index is -0.121. The molecule has 1 aliphatic heterocycles. The highest BCUT2D eigenvalue weighted by molar-refractivity contribution is 5.16. The van der Waals surface area contributed by atoms with E-state index in [0.29, 0.717) is 6.04 Å². The summed E-state index contributed by atoms with van der Waals surface area (Å²) in [5.41, 5.74) is 1.11. The fourth-order valence-corrected chi connectivity index (χ4v) is 2.20. The van der Waals surface area contributed by atoms with E-state index in [1.54, 1.807) is 12.1 Å². The van der Waals surface area contributed by atoms with Crippen LogP contribution in [0.15, 0.2) is 24.3 Å². The van der Waals surface area contributed by atoms with Gasteiger partial charge in [-0.15, -0.1) is 0 Å². The maximum absolute atomic E-state index is 12.9. The lowest BCUT2D eigenvalue weighted by atomic mass is 9.98. The van der Waals surface area contributed by atoms with E-state index in [9.17, 15) is 4.39 Å². The van der Waals surface area contributed by atoms with E-state index in [1.807, 2.05) is 6.07 Å². The first-order valence-electron chi connectivity index (χ1n) is 5.82. The standard InChI is InChI=1S/C13H18FN/c14-12-5-3-4-11(10-12)7-8-13-6-1-2-9-15-13/h3-5,10,13,15H,1-2,6-9H2/t13-/m1/s1. The number of piperidine rings is 1. The van der Waals surface area contributed by atoms with Crippen LogP contribution in [0.3, 0.4) is 0 Å². The van der Waals surface area contributed by atoms with Crippen LogP contribution in [0.25, 0.3) is 0 Å². The van der Waals surface area contributed by atoms with Gasteiger partial charge in [0.2, 0.25) is 0 Å². The maximum atomic E-state index is 12.9. The number of rotatable bonds is 3. The van der Waals surface area contributed by atoms with Gasteiger partial charge < -0.3 is 5.32 Å². The van der Waals surface area contributed by atoms with Crippen LogP contribution in [0.1, 0.15) is 31.2 Å². The third-order valence-corrected chi connectivity index (χ3v) is 3.08. The fourth-order valence-electron chi connectivity index (χ4n) is 2.20. The van der Waals surface area contributed by atoms with Crippen LogP contribution >= 0.6 is 0 Å². The van der Waals surface area contributed by atoms with Crippen LogP contribution in [0, 0.1) is 5.82 Å². The summed E-state index contributed by atoms with van der Waals surface area (Å²) in [7, 11) is 0. The van der Waals surface area contributed by atoms with Gasteiger partial charge in [0.15, 0.2) is 0 Å². The molecule has 0 amide bonds. The smallest absolute Gasteiger partial charge is 0.123 e. The Morgan fingerprint density at radius 2 is 2.27 bits per heavy atom. The van der Waals surface area contributed by atoms with Crippen LogP contribution in [-0.4, -0.2) is 12.6 Å². The Bertz CT molecular complexity index is 305. The van der Waals surface area contributed by atoms with Gasteiger partial charge in [-0.05, 0) is 49.9 Å². The number of aryl methyl sites for hydroxylation is 1. The van der Waals surface area contributed by atoms with Gasteiger partial charge in [0.1, 0.15) is 5.82 Å². The first-order valence-corrected chi connectivity index (χ1v) is 5.82. The van der Waals surface area contributed by atoms with Crippen LogP contribution in [0.5, 0.6) is 0 Å². The molecule has 0 unspecified atom stereocenters. The van der Waals surface area contributed by atoms with E-state index in [-0.39, 0.29) is 5.82 Å². The average molecular weight is 207 g/mol. The Morgan fingerprint density at radius 3 is 3.00 bits per heavy atom. The molecule has 0 aliphatic carbocycles. The van der Waals surface area contributed by atoms with Crippen LogP contribution in [0.2, 0.25) is 0 Å². The second-order valence-electron chi connectivity index (χ2n) is 4.32. The van der Waals surface area contributed by atoms with E-state index in [4.69, 9.17) is 0 Å². The Hall–Kier alpha value is -0.890. The number of halogens is 1. The third-order valence-electron chi connectivity index (χ3n) is 3.08. The maximum Gasteiger partial charge on any atom is 0.123 e. The summed E-state index contributed by atoms with van der Waals surface area (Å²) in [6.45, 7) is 1.15. The molecule has 1 atom stereocenters. The molecule has 0 aromatic heterocycles. The fraction of sp³-hybridized carbons (Fsp3) is 0.538. The van der Waals surface area contributed by atoms with Gasteiger partial charge in [-0.3, -0.25) is 0 Å². The zero-order valence-corrected chi connectivity index (χ0v) is 9.01. The Kier molecular flexibility index (Phi) is 3.73. The highest BCUT2D eigenvalue weighted by Crippen LogP contribution is 2.13. The zero-order chi connectivity index (χ0) is 10.5. The van der Waals surface area contributed by atoms with Crippen molar-refractivity contribution in [2.24, 2.45) is 0 Å². The van der Waals surface area contributed by atoms with Gasteiger partial charge in [0, 0.05) is 6.04 Å². The van der Waals surface area contributed by atoms with E-state index >= 15 is 0 Å². The Balaban J connectivity index is 1.81. The molecule has 1 fully saturated rings. The van der Waals surface area contributed by atoms with Gasteiger partial charge in [0.05, 0.1) is 0 Å². The first-order chi connectivity index (χ1) is 7.34. The van der Waals surface area contributed by atoms with Crippen molar-refractivity contribution in [1.29, 1.82) is 0 Å². The Morgan fingerprint density at radius 1 is 1.33 bits per heavy atom. The van der Waals surface area contributed by atoms with Crippen molar-refractivity contribution in [3.8, 4) is 0 Å². The van der Waals surface area contributed by atoms with E-state index in [2.05, 4.69) is 5.32 Å². The Labute approximate surface area is 90.7 Å². The molecule has 0 saturated carbocycles.